The molecule has 1 fully saturated rings. The van der Waals surface area contributed by atoms with Crippen molar-refractivity contribution in [2.45, 2.75) is 6.42 Å². The average Bonchev–Trinajstić information content (AvgIpc) is 2.89. The first-order chi connectivity index (χ1) is 17.1. The molecule has 1 saturated heterocycles. The molecule has 1 aliphatic rings. The van der Waals surface area contributed by atoms with E-state index in [1.54, 1.807) is 24.3 Å². The number of rotatable bonds is 8. The molecule has 0 radical (unpaired) electrons. The van der Waals surface area contributed by atoms with Gasteiger partial charge in [0.25, 0.3) is 0 Å². The quantitative estimate of drug-likeness (QED) is 0.457. The topological polar surface area (TPSA) is 132 Å². The second kappa shape index (κ2) is 11.6. The van der Waals surface area contributed by atoms with E-state index in [0.717, 1.165) is 43.2 Å². The van der Waals surface area contributed by atoms with Crippen LogP contribution >= 0.6 is 0 Å². The molecule has 2 aromatic carbocycles. The first kappa shape index (κ1) is 23.7. The maximum absolute atomic E-state index is 12.1. The number of carbonyl (C=O) groups is 2. The van der Waals surface area contributed by atoms with Gasteiger partial charge in [0.15, 0.2) is 0 Å². The Morgan fingerprint density at radius 3 is 2.57 bits per heavy atom. The third-order valence-electron chi connectivity index (χ3n) is 5.31. The van der Waals surface area contributed by atoms with E-state index in [9.17, 15) is 9.59 Å². The Kier molecular flexibility index (Phi) is 7.83. The highest BCUT2D eigenvalue weighted by atomic mass is 16.5. The van der Waals surface area contributed by atoms with Crippen molar-refractivity contribution in [2.24, 2.45) is 0 Å². The van der Waals surface area contributed by atoms with E-state index >= 15 is 0 Å². The molecule has 1 aliphatic heterocycles. The zero-order valence-corrected chi connectivity index (χ0v) is 19.0. The van der Waals surface area contributed by atoms with E-state index in [1.807, 2.05) is 24.3 Å². The summed E-state index contributed by atoms with van der Waals surface area (Å²) in [7, 11) is 0. The fourth-order valence-corrected chi connectivity index (χ4v) is 3.58. The minimum Gasteiger partial charge on any atom is -0.378 e. The van der Waals surface area contributed by atoms with Gasteiger partial charge in [-0.1, -0.05) is 12.1 Å². The first-order valence-electron chi connectivity index (χ1n) is 11.2. The van der Waals surface area contributed by atoms with E-state index in [4.69, 9.17) is 10.00 Å². The largest absolute Gasteiger partial charge is 0.378 e. The predicted molar refractivity (Wildman–Crippen MR) is 132 cm³/mol. The molecule has 10 heteroatoms. The number of nitrogens with one attached hydrogen (secondary N) is 3. The van der Waals surface area contributed by atoms with Gasteiger partial charge in [0.05, 0.1) is 31.5 Å². The Bertz CT molecular complexity index is 1220. The first-order valence-corrected chi connectivity index (χ1v) is 11.2. The number of carbonyl (C=O) groups excluding carboxylic acids is 2. The molecule has 0 unspecified atom stereocenters. The van der Waals surface area contributed by atoms with Gasteiger partial charge in [-0.2, -0.15) is 5.26 Å². The number of hydrogen-bond acceptors (Lipinski definition) is 8. The predicted octanol–water partition coefficient (Wildman–Crippen LogP) is 2.69. The highest BCUT2D eigenvalue weighted by molar-refractivity contribution is 5.95. The molecular weight excluding hydrogens is 446 g/mol. The van der Waals surface area contributed by atoms with Crippen molar-refractivity contribution in [3.63, 3.8) is 0 Å². The molecule has 4 rings (SSSR count). The fourth-order valence-electron chi connectivity index (χ4n) is 3.58. The maximum Gasteiger partial charge on any atom is 0.243 e. The summed E-state index contributed by atoms with van der Waals surface area (Å²) >= 11 is 0. The zero-order valence-electron chi connectivity index (χ0n) is 19.0. The molecule has 3 aromatic rings. The van der Waals surface area contributed by atoms with Crippen LogP contribution in [0.15, 0.2) is 60.9 Å². The van der Waals surface area contributed by atoms with Crippen LogP contribution in [0.1, 0.15) is 6.42 Å². The summed E-state index contributed by atoms with van der Waals surface area (Å²) in [6.45, 7) is 3.05. The van der Waals surface area contributed by atoms with Gasteiger partial charge >= 0.3 is 0 Å². The molecule has 2 heterocycles. The molecule has 0 saturated carbocycles. The third-order valence-corrected chi connectivity index (χ3v) is 5.31. The van der Waals surface area contributed by atoms with Crippen molar-refractivity contribution in [2.75, 3.05) is 48.4 Å². The highest BCUT2D eigenvalue weighted by Gasteiger charge is 2.11. The van der Waals surface area contributed by atoms with Crippen LogP contribution in [-0.4, -0.2) is 54.6 Å². The van der Waals surface area contributed by atoms with E-state index < -0.39 is 5.91 Å². The second-order valence-electron chi connectivity index (χ2n) is 7.80. The summed E-state index contributed by atoms with van der Waals surface area (Å²) in [6.07, 6.45) is 1.20. The standard InChI is InChI=1S/C25H25N7O3/c26-9-8-24(33)27-16-25(34)31-20-3-1-2-18(14-20)22-15-23(29-17-28-22)30-19-4-6-21(7-5-19)32-10-12-35-13-11-32/h1-7,14-15,17H,8,10-13,16H2,(H,27,33)(H,31,34)(H,28,29,30). The Morgan fingerprint density at radius 1 is 1.00 bits per heavy atom. The number of anilines is 4. The van der Waals surface area contributed by atoms with Crippen molar-refractivity contribution >= 4 is 34.7 Å². The zero-order chi connectivity index (χ0) is 24.5. The van der Waals surface area contributed by atoms with E-state index in [2.05, 4.69) is 43.0 Å². The Morgan fingerprint density at radius 2 is 1.80 bits per heavy atom. The monoisotopic (exact) mass is 471 g/mol. The van der Waals surface area contributed by atoms with Crippen molar-refractivity contribution in [3.05, 3.63) is 60.9 Å². The molecule has 178 valence electrons. The van der Waals surface area contributed by atoms with Crippen LogP contribution in [0.5, 0.6) is 0 Å². The number of nitrogens with zero attached hydrogens (tertiary/aromatic N) is 4. The number of ether oxygens (including phenoxy) is 1. The molecule has 0 spiro atoms. The molecule has 0 atom stereocenters. The summed E-state index contributed by atoms with van der Waals surface area (Å²) < 4.78 is 5.41. The molecule has 0 bridgehead atoms. The molecule has 10 nitrogen and oxygen atoms in total. The van der Waals surface area contributed by atoms with Gasteiger partial charge in [-0.3, -0.25) is 9.59 Å². The smallest absolute Gasteiger partial charge is 0.243 e. The summed E-state index contributed by atoms with van der Waals surface area (Å²) in [6, 6.07) is 19.0. The van der Waals surface area contributed by atoms with Crippen LogP contribution in [0.4, 0.5) is 22.9 Å². The lowest BCUT2D eigenvalue weighted by atomic mass is 10.1. The van der Waals surface area contributed by atoms with Gasteiger partial charge in [0.1, 0.15) is 18.6 Å². The van der Waals surface area contributed by atoms with Gasteiger partial charge in [-0.15, -0.1) is 0 Å². The maximum atomic E-state index is 12.1. The van der Waals surface area contributed by atoms with Crippen molar-refractivity contribution in [1.82, 2.24) is 15.3 Å². The van der Waals surface area contributed by atoms with Gasteiger partial charge in [-0.05, 0) is 36.4 Å². The number of amides is 2. The number of morpholine rings is 1. The molecule has 0 aliphatic carbocycles. The minimum atomic E-state index is -0.492. The molecule has 1 aromatic heterocycles. The van der Waals surface area contributed by atoms with E-state index in [0.29, 0.717) is 17.2 Å². The van der Waals surface area contributed by atoms with Crippen molar-refractivity contribution in [3.8, 4) is 17.3 Å². The van der Waals surface area contributed by atoms with Crippen LogP contribution in [0.25, 0.3) is 11.3 Å². The van der Waals surface area contributed by atoms with Gasteiger partial charge in [0, 0.05) is 41.8 Å². The molecular formula is C25H25N7O3. The highest BCUT2D eigenvalue weighted by Crippen LogP contribution is 2.25. The number of aromatic nitrogens is 2. The fraction of sp³-hybridized carbons (Fsp3) is 0.240. The van der Waals surface area contributed by atoms with Gasteiger partial charge in [0.2, 0.25) is 11.8 Å². The molecule has 2 amide bonds. The van der Waals surface area contributed by atoms with Gasteiger partial charge in [-0.25, -0.2) is 9.97 Å². The SMILES string of the molecule is N#CCC(=O)NCC(=O)Nc1cccc(-c2cc(Nc3ccc(N4CCOCC4)cc3)ncn2)c1. The summed E-state index contributed by atoms with van der Waals surface area (Å²) in [5, 5.41) is 16.9. The Balaban J connectivity index is 1.39. The van der Waals surface area contributed by atoms with Crippen LogP contribution in [0, 0.1) is 11.3 Å². The van der Waals surface area contributed by atoms with Crippen LogP contribution < -0.4 is 20.9 Å². The lowest BCUT2D eigenvalue weighted by molar-refractivity contribution is -0.123. The van der Waals surface area contributed by atoms with E-state index in [-0.39, 0.29) is 18.9 Å². The van der Waals surface area contributed by atoms with E-state index in [1.165, 1.54) is 6.33 Å². The normalized spacial score (nSPS) is 12.9. The summed E-state index contributed by atoms with van der Waals surface area (Å²) in [5.41, 5.74) is 4.11. The summed E-state index contributed by atoms with van der Waals surface area (Å²) in [5.74, 6) is -0.240. The second-order valence-corrected chi connectivity index (χ2v) is 7.80. The Labute approximate surface area is 203 Å². The number of benzene rings is 2. The number of nitriles is 1. The van der Waals surface area contributed by atoms with Crippen molar-refractivity contribution in [1.29, 1.82) is 5.26 Å². The van der Waals surface area contributed by atoms with Crippen LogP contribution in [-0.2, 0) is 14.3 Å². The Hall–Kier alpha value is -4.49. The lowest BCUT2D eigenvalue weighted by Gasteiger charge is -2.28. The molecule has 35 heavy (non-hydrogen) atoms. The van der Waals surface area contributed by atoms with Crippen LogP contribution in [0.3, 0.4) is 0 Å². The lowest BCUT2D eigenvalue weighted by Crippen LogP contribution is -2.36. The van der Waals surface area contributed by atoms with Gasteiger partial charge < -0.3 is 25.6 Å². The molecule has 3 N–H and O–H groups in total. The summed E-state index contributed by atoms with van der Waals surface area (Å²) in [4.78, 5) is 34.4. The van der Waals surface area contributed by atoms with Crippen LogP contribution in [0.2, 0.25) is 0 Å². The third kappa shape index (κ3) is 6.75. The number of hydrogen-bond donors (Lipinski definition) is 3. The average molecular weight is 472 g/mol. The minimum absolute atomic E-state index is 0.212. The van der Waals surface area contributed by atoms with Crippen molar-refractivity contribution < 1.29 is 14.3 Å².